The molecule has 2 aromatic carbocycles. The molecule has 1 saturated carbocycles. The van der Waals surface area contributed by atoms with Gasteiger partial charge in [-0.2, -0.15) is 0 Å². The molecule has 2 aromatic rings. The maximum Gasteiger partial charge on any atom is 0.264 e. The van der Waals surface area contributed by atoms with Crippen molar-refractivity contribution in [2.24, 2.45) is 0 Å². The van der Waals surface area contributed by atoms with E-state index in [1.165, 1.54) is 6.42 Å². The van der Waals surface area contributed by atoms with Crippen molar-refractivity contribution >= 4 is 18.4 Å². The molecule has 0 spiro atoms. The number of hydrogen-bond donors (Lipinski definition) is 1. The summed E-state index contributed by atoms with van der Waals surface area (Å²) in [5.74, 6) is -0.775. The van der Waals surface area contributed by atoms with Crippen molar-refractivity contribution in [3.05, 3.63) is 54.1 Å². The van der Waals surface area contributed by atoms with Gasteiger partial charge >= 0.3 is 0 Å². The summed E-state index contributed by atoms with van der Waals surface area (Å²) in [6, 6.07) is 14.6. The number of rotatable bonds is 7. The van der Waals surface area contributed by atoms with Crippen molar-refractivity contribution in [1.82, 2.24) is 0 Å². The minimum absolute atomic E-state index is 0.0996. The summed E-state index contributed by atoms with van der Waals surface area (Å²) in [4.78, 5) is 1.98. The first kappa shape index (κ1) is 20.9. The van der Waals surface area contributed by atoms with Crippen LogP contribution in [0.4, 0.5) is 5.69 Å². The van der Waals surface area contributed by atoms with E-state index in [0.29, 0.717) is 16.6 Å². The normalized spacial score (nSPS) is 18.3. The summed E-state index contributed by atoms with van der Waals surface area (Å²) in [5.41, 5.74) is 1.49. The van der Waals surface area contributed by atoms with E-state index in [1.807, 2.05) is 37.2 Å². The molecule has 1 aliphatic carbocycles. The van der Waals surface area contributed by atoms with E-state index >= 15 is 0 Å². The molecule has 1 fully saturated rings. The average Bonchev–Trinajstić information content (AvgIpc) is 2.73. The topological polar surface area (TPSA) is 59.0 Å². The Morgan fingerprint density at radius 2 is 1.68 bits per heavy atom. The molecule has 28 heavy (non-hydrogen) atoms. The maximum absolute atomic E-state index is 14.2. The lowest BCUT2D eigenvalue weighted by molar-refractivity contribution is 0.136. The van der Waals surface area contributed by atoms with Crippen molar-refractivity contribution in [3.8, 4) is 5.75 Å². The second kappa shape index (κ2) is 9.13. The Bertz CT molecular complexity index is 816. The maximum atomic E-state index is 14.2. The third-order valence-corrected chi connectivity index (χ3v) is 7.87. The Balaban J connectivity index is 2.01. The smallest absolute Gasteiger partial charge is 0.264 e. The van der Waals surface area contributed by atoms with Crippen LogP contribution in [-0.2, 0) is 9.09 Å². The van der Waals surface area contributed by atoms with Gasteiger partial charge in [-0.1, -0.05) is 37.5 Å². The van der Waals surface area contributed by atoms with E-state index in [1.54, 1.807) is 37.4 Å². The highest BCUT2D eigenvalue weighted by Crippen LogP contribution is 2.60. The Labute approximate surface area is 167 Å². The highest BCUT2D eigenvalue weighted by atomic mass is 31.2. The number of para-hydroxylation sites is 1. The molecule has 5 nitrogen and oxygen atoms in total. The molecule has 0 bridgehead atoms. The van der Waals surface area contributed by atoms with E-state index in [9.17, 15) is 9.67 Å². The van der Waals surface area contributed by atoms with E-state index < -0.39 is 13.2 Å². The summed E-state index contributed by atoms with van der Waals surface area (Å²) in [6.07, 6.45) is 4.95. The first-order valence-electron chi connectivity index (χ1n) is 9.83. The highest BCUT2D eigenvalue weighted by Gasteiger charge is 2.40. The molecule has 1 N–H and O–H groups in total. The van der Waals surface area contributed by atoms with Gasteiger partial charge in [-0.3, -0.25) is 4.57 Å². The third-order valence-electron chi connectivity index (χ3n) is 5.32. The number of methoxy groups -OCH3 is 1. The molecule has 6 heteroatoms. The first-order chi connectivity index (χ1) is 13.5. The minimum Gasteiger partial charge on any atom is -0.496 e. The van der Waals surface area contributed by atoms with Crippen LogP contribution in [0.15, 0.2) is 48.5 Å². The van der Waals surface area contributed by atoms with Crippen molar-refractivity contribution in [2.45, 2.75) is 44.1 Å². The molecule has 0 aromatic heterocycles. The first-order valence-corrected chi connectivity index (χ1v) is 11.5. The molecule has 0 amide bonds. The molecule has 1 aliphatic rings. The SMILES string of the molecule is COc1ccccc1C(O)P(=O)(OC1CCCCC1)c1ccc(N(C)C)cc1. The van der Waals surface area contributed by atoms with Gasteiger partial charge in [-0.15, -0.1) is 0 Å². The molecule has 0 heterocycles. The van der Waals surface area contributed by atoms with E-state index in [4.69, 9.17) is 9.26 Å². The van der Waals surface area contributed by atoms with Crippen molar-refractivity contribution in [3.63, 3.8) is 0 Å². The lowest BCUT2D eigenvalue weighted by Gasteiger charge is -2.31. The second-order valence-electron chi connectivity index (χ2n) is 7.49. The van der Waals surface area contributed by atoms with Gasteiger partial charge < -0.3 is 19.3 Å². The van der Waals surface area contributed by atoms with Gasteiger partial charge in [0.2, 0.25) is 0 Å². The number of nitrogens with zero attached hydrogens (tertiary/aromatic N) is 1. The Morgan fingerprint density at radius 3 is 2.29 bits per heavy atom. The zero-order valence-electron chi connectivity index (χ0n) is 16.9. The zero-order chi connectivity index (χ0) is 20.1. The highest BCUT2D eigenvalue weighted by molar-refractivity contribution is 7.67. The van der Waals surface area contributed by atoms with Crippen LogP contribution in [-0.4, -0.2) is 32.4 Å². The summed E-state index contributed by atoms with van der Waals surface area (Å²) >= 11 is 0. The van der Waals surface area contributed by atoms with Gasteiger partial charge in [0.05, 0.1) is 13.2 Å². The third kappa shape index (κ3) is 4.43. The Hall–Kier alpha value is -1.81. The van der Waals surface area contributed by atoms with Crippen LogP contribution in [0.2, 0.25) is 0 Å². The van der Waals surface area contributed by atoms with E-state index in [0.717, 1.165) is 31.4 Å². The minimum atomic E-state index is -3.59. The number of benzene rings is 2. The molecule has 0 radical (unpaired) electrons. The number of ether oxygens (including phenoxy) is 1. The van der Waals surface area contributed by atoms with Gasteiger partial charge in [0.1, 0.15) is 5.75 Å². The zero-order valence-corrected chi connectivity index (χ0v) is 17.8. The van der Waals surface area contributed by atoms with Crippen LogP contribution in [0.3, 0.4) is 0 Å². The second-order valence-corrected chi connectivity index (χ2v) is 9.90. The number of aliphatic hydroxyl groups is 1. The fourth-order valence-electron chi connectivity index (χ4n) is 3.67. The van der Waals surface area contributed by atoms with Gasteiger partial charge in [0.15, 0.2) is 5.85 Å². The molecular formula is C22H30NO4P. The largest absolute Gasteiger partial charge is 0.496 e. The Morgan fingerprint density at radius 1 is 1.04 bits per heavy atom. The van der Waals surface area contributed by atoms with Gasteiger partial charge in [-0.25, -0.2) is 0 Å². The summed E-state index contributed by atoms with van der Waals surface area (Å²) in [6.45, 7) is 0. The molecule has 0 aliphatic heterocycles. The lowest BCUT2D eigenvalue weighted by atomic mass is 9.98. The number of aliphatic hydroxyl groups excluding tert-OH is 1. The molecule has 152 valence electrons. The number of anilines is 1. The van der Waals surface area contributed by atoms with Crippen LogP contribution in [0, 0.1) is 0 Å². The van der Waals surface area contributed by atoms with Crippen LogP contribution in [0.25, 0.3) is 0 Å². The van der Waals surface area contributed by atoms with E-state index in [2.05, 4.69) is 0 Å². The van der Waals surface area contributed by atoms with Crippen LogP contribution in [0.5, 0.6) is 5.75 Å². The summed E-state index contributed by atoms with van der Waals surface area (Å²) < 4.78 is 25.8. The quantitative estimate of drug-likeness (QED) is 0.679. The van der Waals surface area contributed by atoms with Gasteiger partial charge in [0.25, 0.3) is 7.37 Å². The fraction of sp³-hybridized carbons (Fsp3) is 0.455. The van der Waals surface area contributed by atoms with Crippen molar-refractivity contribution in [1.29, 1.82) is 0 Å². The molecule has 3 rings (SSSR count). The van der Waals surface area contributed by atoms with Crippen molar-refractivity contribution < 1.29 is 18.9 Å². The van der Waals surface area contributed by atoms with Crippen LogP contribution in [0.1, 0.15) is 43.5 Å². The van der Waals surface area contributed by atoms with E-state index in [-0.39, 0.29) is 6.10 Å². The van der Waals surface area contributed by atoms with Gasteiger partial charge in [0, 0.05) is 30.7 Å². The lowest BCUT2D eigenvalue weighted by Crippen LogP contribution is -2.22. The van der Waals surface area contributed by atoms with Gasteiger partial charge in [-0.05, 0) is 43.2 Å². The monoisotopic (exact) mass is 403 g/mol. The molecule has 0 saturated heterocycles. The summed E-state index contributed by atoms with van der Waals surface area (Å²) in [7, 11) is 1.87. The standard InChI is InChI=1S/C22H30NO4P/c1-23(2)17-13-15-19(16-14-17)28(25,27-18-9-5-4-6-10-18)22(24)20-11-7-8-12-21(20)26-3/h7-8,11-16,18,22,24H,4-6,9-10H2,1-3H3. The molecule has 2 unspecified atom stereocenters. The predicted molar refractivity (Wildman–Crippen MR) is 114 cm³/mol. The fourth-order valence-corrected chi connectivity index (χ4v) is 5.99. The van der Waals surface area contributed by atoms with Crippen molar-refractivity contribution in [2.75, 3.05) is 26.1 Å². The average molecular weight is 403 g/mol. The van der Waals surface area contributed by atoms with Crippen LogP contribution < -0.4 is 14.9 Å². The Kier molecular flexibility index (Phi) is 6.82. The molecular weight excluding hydrogens is 373 g/mol. The summed E-state index contributed by atoms with van der Waals surface area (Å²) in [5, 5.41) is 11.8. The molecule has 2 atom stereocenters. The number of hydrogen-bond acceptors (Lipinski definition) is 5. The predicted octanol–water partition coefficient (Wildman–Crippen LogP) is 4.71. The van der Waals surface area contributed by atoms with Crippen LogP contribution >= 0.6 is 7.37 Å².